The zero-order chi connectivity index (χ0) is 40.4. The van der Waals surface area contributed by atoms with E-state index in [1.807, 2.05) is 120 Å². The minimum absolute atomic E-state index is 0.0431. The summed E-state index contributed by atoms with van der Waals surface area (Å²) >= 11 is 0. The van der Waals surface area contributed by atoms with Crippen molar-refractivity contribution in [3.8, 4) is 34.4 Å². The smallest absolute Gasteiger partial charge is 0.244 e. The van der Waals surface area contributed by atoms with Gasteiger partial charge in [0.25, 0.3) is 0 Å². The van der Waals surface area contributed by atoms with Crippen LogP contribution >= 0.6 is 0 Å². The lowest BCUT2D eigenvalue weighted by molar-refractivity contribution is -0.118. The molecule has 0 fully saturated rings. The zero-order valence-corrected chi connectivity index (χ0v) is 32.9. The minimum atomic E-state index is -0.139. The van der Waals surface area contributed by atoms with Gasteiger partial charge < -0.3 is 38.7 Å². The van der Waals surface area contributed by atoms with Crippen molar-refractivity contribution in [2.75, 3.05) is 27.4 Å². The number of carbonyl (C=O) groups excluding carboxylic acids is 2. The first kappa shape index (κ1) is 39.2. The molecule has 4 heterocycles. The highest BCUT2D eigenvalue weighted by Gasteiger charge is 2.23. The van der Waals surface area contributed by atoms with E-state index in [9.17, 15) is 9.59 Å². The number of carbonyl (C=O) groups is 2. The first-order valence-corrected chi connectivity index (χ1v) is 19.1. The molecule has 0 spiro atoms. The monoisotopic (exact) mass is 778 g/mol. The lowest BCUT2D eigenvalue weighted by atomic mass is 10.0. The number of aryl methyl sites for hydroxylation is 2. The number of fused-ring (bicyclic) bond motifs is 2. The van der Waals surface area contributed by atoms with Crippen molar-refractivity contribution < 1.29 is 28.5 Å². The number of hydrogen-bond acceptors (Lipinski definition) is 8. The molecule has 0 aliphatic carbocycles. The van der Waals surface area contributed by atoms with E-state index in [2.05, 4.69) is 20.6 Å². The van der Waals surface area contributed by atoms with Crippen LogP contribution in [-0.4, -0.2) is 58.3 Å². The summed E-state index contributed by atoms with van der Waals surface area (Å²) in [7, 11) is 3.26. The van der Waals surface area contributed by atoms with Crippen LogP contribution in [0.25, 0.3) is 23.5 Å². The van der Waals surface area contributed by atoms with E-state index in [1.165, 1.54) is 0 Å². The maximum Gasteiger partial charge on any atom is 0.244 e. The molecule has 0 saturated heterocycles. The normalized spacial score (nSPS) is 15.6. The molecule has 6 aromatic rings. The number of nitrogens with zero attached hydrogens (tertiary/aromatic N) is 4. The summed E-state index contributed by atoms with van der Waals surface area (Å²) in [5.41, 5.74) is 7.45. The fraction of sp³-hybridized carbons (Fsp3) is 0.217. The van der Waals surface area contributed by atoms with Gasteiger partial charge in [0.2, 0.25) is 11.8 Å². The van der Waals surface area contributed by atoms with E-state index in [1.54, 1.807) is 51.2 Å². The Morgan fingerprint density at radius 1 is 0.655 bits per heavy atom. The third kappa shape index (κ3) is 9.47. The Labute approximate surface area is 337 Å². The number of benzene rings is 4. The molecule has 12 heteroatoms. The van der Waals surface area contributed by atoms with E-state index in [0.717, 1.165) is 69.4 Å². The number of amides is 2. The van der Waals surface area contributed by atoms with Crippen molar-refractivity contribution in [1.29, 1.82) is 0 Å². The molecule has 2 amide bonds. The fourth-order valence-electron chi connectivity index (χ4n) is 6.90. The quantitative estimate of drug-likeness (QED) is 0.136. The molecule has 58 heavy (non-hydrogen) atoms. The Morgan fingerprint density at radius 3 is 1.48 bits per heavy atom. The van der Waals surface area contributed by atoms with Crippen LogP contribution < -0.4 is 29.6 Å². The molecule has 0 saturated carbocycles. The highest BCUT2D eigenvalue weighted by Crippen LogP contribution is 2.33. The van der Waals surface area contributed by atoms with Crippen LogP contribution in [0, 0.1) is 13.8 Å². The van der Waals surface area contributed by atoms with Crippen LogP contribution in [0.15, 0.2) is 122 Å². The minimum Gasteiger partial charge on any atom is -0.495 e. The fourth-order valence-corrected chi connectivity index (χ4v) is 6.90. The van der Waals surface area contributed by atoms with Gasteiger partial charge in [-0.05, 0) is 73.5 Å². The number of ether oxygens (including phenoxy) is 4. The Hall–Kier alpha value is -7.08. The Balaban J connectivity index is 0.000000177. The molecule has 2 aliphatic heterocycles. The van der Waals surface area contributed by atoms with E-state index in [0.29, 0.717) is 24.7 Å². The molecule has 12 nitrogen and oxygen atoms in total. The highest BCUT2D eigenvalue weighted by molar-refractivity contribution is 5.92. The molecule has 2 aliphatic rings. The second-order valence-electron chi connectivity index (χ2n) is 13.8. The number of nitrogens with one attached hydrogen (secondary N) is 2. The number of methoxy groups -OCH3 is 2. The highest BCUT2D eigenvalue weighted by atomic mass is 16.5. The summed E-state index contributed by atoms with van der Waals surface area (Å²) in [6.07, 6.45) is 15.6. The predicted molar refractivity (Wildman–Crippen MR) is 223 cm³/mol. The van der Waals surface area contributed by atoms with Crippen LogP contribution in [0.1, 0.15) is 58.6 Å². The Bertz CT molecular complexity index is 2280. The van der Waals surface area contributed by atoms with Gasteiger partial charge in [-0.3, -0.25) is 9.59 Å². The van der Waals surface area contributed by atoms with E-state index in [-0.39, 0.29) is 23.9 Å². The molecule has 4 aromatic carbocycles. The largest absolute Gasteiger partial charge is 0.495 e. The molecule has 0 unspecified atom stereocenters. The molecule has 0 bridgehead atoms. The second-order valence-corrected chi connectivity index (χ2v) is 13.8. The lowest BCUT2D eigenvalue weighted by Gasteiger charge is -2.26. The number of rotatable bonds is 10. The molecule has 2 atom stereocenters. The van der Waals surface area contributed by atoms with Gasteiger partial charge in [-0.15, -0.1) is 0 Å². The van der Waals surface area contributed by atoms with Crippen molar-refractivity contribution in [2.24, 2.45) is 0 Å². The molecule has 2 N–H and O–H groups in total. The molecule has 296 valence electrons. The van der Waals surface area contributed by atoms with Crippen molar-refractivity contribution in [3.05, 3.63) is 156 Å². The summed E-state index contributed by atoms with van der Waals surface area (Å²) in [6.45, 7) is 5.07. The molecule has 8 rings (SSSR count). The van der Waals surface area contributed by atoms with Gasteiger partial charge in [-0.1, -0.05) is 48.5 Å². The summed E-state index contributed by atoms with van der Waals surface area (Å²) in [5, 5.41) is 6.13. The van der Waals surface area contributed by atoms with Gasteiger partial charge in [-0.25, -0.2) is 9.97 Å². The van der Waals surface area contributed by atoms with Gasteiger partial charge in [0.1, 0.15) is 23.0 Å². The van der Waals surface area contributed by atoms with Crippen molar-refractivity contribution in [1.82, 2.24) is 29.7 Å². The van der Waals surface area contributed by atoms with Gasteiger partial charge in [0, 0.05) is 48.5 Å². The number of para-hydroxylation sites is 2. The average molecular weight is 779 g/mol. The van der Waals surface area contributed by atoms with E-state index < -0.39 is 0 Å². The number of hydrogen-bond donors (Lipinski definition) is 2. The van der Waals surface area contributed by atoms with Crippen molar-refractivity contribution in [3.63, 3.8) is 0 Å². The van der Waals surface area contributed by atoms with Gasteiger partial charge >= 0.3 is 0 Å². The zero-order valence-electron chi connectivity index (χ0n) is 32.9. The Morgan fingerprint density at radius 2 is 1.09 bits per heavy atom. The summed E-state index contributed by atoms with van der Waals surface area (Å²) in [4.78, 5) is 33.4. The maximum atomic E-state index is 12.5. The van der Waals surface area contributed by atoms with Gasteiger partial charge in [0.15, 0.2) is 0 Å². The van der Waals surface area contributed by atoms with Crippen LogP contribution in [-0.2, 0) is 9.59 Å². The van der Waals surface area contributed by atoms with E-state index in [4.69, 9.17) is 18.9 Å². The second kappa shape index (κ2) is 18.2. The maximum absolute atomic E-state index is 12.5. The van der Waals surface area contributed by atoms with Crippen LogP contribution in [0.3, 0.4) is 0 Å². The van der Waals surface area contributed by atoms with Crippen LogP contribution in [0.4, 0.5) is 0 Å². The standard InChI is InChI=1S/2C23H23N3O3/c2*1-16-14-26(15-24-16)20-9-7-17(13-22(20)28-2)8-10-23(27)25-19-11-12-29-21-6-4-3-5-18(19)21/h2*3-10,13-15,19H,11-12H2,1-2H3,(H,25,27)/b2*10-8+/t2*19-/m10/s1. The summed E-state index contributed by atoms with van der Waals surface area (Å²) in [6, 6.07) is 27.1. The molecular formula is C46H46N6O6. The van der Waals surface area contributed by atoms with Crippen molar-refractivity contribution in [2.45, 2.75) is 38.8 Å². The third-order valence-corrected chi connectivity index (χ3v) is 9.79. The lowest BCUT2D eigenvalue weighted by Crippen LogP contribution is -2.30. The third-order valence-electron chi connectivity index (χ3n) is 9.79. The SMILES string of the molecule is COc1cc(/C=C/C(=O)N[C@@H]2CCOc3ccccc32)ccc1-n1cnc(C)c1.COc1cc(/C=C/C(=O)N[C@H]2CCOc3ccccc32)ccc1-n1cnc(C)c1. The van der Waals surface area contributed by atoms with Crippen molar-refractivity contribution >= 4 is 24.0 Å². The topological polar surface area (TPSA) is 131 Å². The number of aromatic nitrogens is 4. The van der Waals surface area contributed by atoms with Gasteiger partial charge in [-0.2, -0.15) is 0 Å². The molecule has 0 radical (unpaired) electrons. The summed E-state index contributed by atoms with van der Waals surface area (Å²) in [5.74, 6) is 2.82. The summed E-state index contributed by atoms with van der Waals surface area (Å²) < 4.78 is 26.2. The molecule has 2 aromatic heterocycles. The first-order chi connectivity index (χ1) is 28.3. The Kier molecular flexibility index (Phi) is 12.3. The average Bonchev–Trinajstić information content (AvgIpc) is 3.90. The van der Waals surface area contributed by atoms with E-state index >= 15 is 0 Å². The molecular weight excluding hydrogens is 733 g/mol. The van der Waals surface area contributed by atoms with Crippen LogP contribution in [0.2, 0.25) is 0 Å². The number of imidazole rings is 2. The predicted octanol–water partition coefficient (Wildman–Crippen LogP) is 7.69. The van der Waals surface area contributed by atoms with Crippen LogP contribution in [0.5, 0.6) is 23.0 Å². The van der Waals surface area contributed by atoms with Gasteiger partial charge in [0.05, 0.1) is 74.9 Å². The first-order valence-electron chi connectivity index (χ1n) is 19.1.